The third-order valence-electron chi connectivity index (χ3n) is 2.40. The lowest BCUT2D eigenvalue weighted by Crippen LogP contribution is -2.07. The summed E-state index contributed by atoms with van der Waals surface area (Å²) in [6.45, 7) is 0.506. The maximum atomic E-state index is 11.6. The van der Waals surface area contributed by atoms with Crippen LogP contribution in [0.2, 0.25) is 0 Å². The second kappa shape index (κ2) is 6.14. The summed E-state index contributed by atoms with van der Waals surface area (Å²) in [6, 6.07) is 11.4. The maximum Gasteiger partial charge on any atom is 0.248 e. The van der Waals surface area contributed by atoms with E-state index in [0.29, 0.717) is 6.54 Å². The van der Waals surface area contributed by atoms with Crippen molar-refractivity contribution in [2.75, 3.05) is 5.32 Å². The molecule has 0 fully saturated rings. The molecule has 18 heavy (non-hydrogen) atoms. The first-order valence-electron chi connectivity index (χ1n) is 5.59. The number of nitrogens with one attached hydrogen (secondary N) is 1. The summed E-state index contributed by atoms with van der Waals surface area (Å²) in [5.74, 6) is -0.135. The van der Waals surface area contributed by atoms with Crippen LogP contribution < -0.4 is 11.1 Å². The lowest BCUT2D eigenvalue weighted by molar-refractivity contribution is -0.111. The molecule has 0 radical (unpaired) electrons. The van der Waals surface area contributed by atoms with Gasteiger partial charge in [0.25, 0.3) is 0 Å². The fourth-order valence-electron chi connectivity index (χ4n) is 1.45. The number of anilines is 1. The molecule has 2 rings (SSSR count). The maximum absolute atomic E-state index is 11.6. The minimum absolute atomic E-state index is 0.135. The molecule has 1 aromatic carbocycles. The van der Waals surface area contributed by atoms with Crippen molar-refractivity contribution in [2.45, 2.75) is 6.54 Å². The minimum Gasteiger partial charge on any atom is -0.326 e. The van der Waals surface area contributed by atoms with Gasteiger partial charge >= 0.3 is 0 Å². The molecule has 2 aromatic rings. The smallest absolute Gasteiger partial charge is 0.248 e. The highest BCUT2D eigenvalue weighted by Crippen LogP contribution is 2.11. The van der Waals surface area contributed by atoms with Crippen LogP contribution in [0.25, 0.3) is 6.08 Å². The van der Waals surface area contributed by atoms with Crippen LogP contribution in [0, 0.1) is 0 Å². The second-order valence-corrected chi connectivity index (χ2v) is 4.72. The normalized spacial score (nSPS) is 10.7. The number of nitrogens with two attached hydrogens (primary N) is 1. The summed E-state index contributed by atoms with van der Waals surface area (Å²) < 4.78 is 0. The van der Waals surface area contributed by atoms with Gasteiger partial charge in [0.2, 0.25) is 5.91 Å². The highest BCUT2D eigenvalue weighted by molar-refractivity contribution is 7.10. The van der Waals surface area contributed by atoms with Gasteiger partial charge in [-0.1, -0.05) is 18.2 Å². The number of benzene rings is 1. The number of hydrogen-bond acceptors (Lipinski definition) is 3. The van der Waals surface area contributed by atoms with Crippen molar-refractivity contribution < 1.29 is 4.79 Å². The molecule has 0 unspecified atom stereocenters. The molecule has 1 aromatic heterocycles. The van der Waals surface area contributed by atoms with Crippen LogP contribution in [-0.4, -0.2) is 5.91 Å². The van der Waals surface area contributed by atoms with Crippen LogP contribution in [0.3, 0.4) is 0 Å². The van der Waals surface area contributed by atoms with E-state index in [4.69, 9.17) is 5.73 Å². The second-order valence-electron chi connectivity index (χ2n) is 3.74. The van der Waals surface area contributed by atoms with Gasteiger partial charge in [-0.2, -0.15) is 0 Å². The Balaban J connectivity index is 1.94. The summed E-state index contributed by atoms with van der Waals surface area (Å²) in [4.78, 5) is 12.7. The van der Waals surface area contributed by atoms with E-state index in [2.05, 4.69) is 5.32 Å². The molecule has 0 aliphatic carbocycles. The van der Waals surface area contributed by atoms with Gasteiger partial charge in [0.05, 0.1) is 0 Å². The molecule has 3 N–H and O–H groups in total. The zero-order chi connectivity index (χ0) is 12.8. The first kappa shape index (κ1) is 12.5. The Morgan fingerprint density at radius 3 is 2.67 bits per heavy atom. The van der Waals surface area contributed by atoms with E-state index in [0.717, 1.165) is 16.1 Å². The third-order valence-corrected chi connectivity index (χ3v) is 3.24. The molecule has 0 aliphatic rings. The van der Waals surface area contributed by atoms with Gasteiger partial charge in [0.15, 0.2) is 0 Å². The molecular formula is C14H14N2OS. The van der Waals surface area contributed by atoms with Crippen LogP contribution in [0.1, 0.15) is 10.4 Å². The quantitative estimate of drug-likeness (QED) is 0.828. The largest absolute Gasteiger partial charge is 0.326 e. The molecule has 1 heterocycles. The van der Waals surface area contributed by atoms with Gasteiger partial charge < -0.3 is 11.1 Å². The van der Waals surface area contributed by atoms with Crippen molar-refractivity contribution in [1.29, 1.82) is 0 Å². The van der Waals surface area contributed by atoms with Crippen molar-refractivity contribution >= 4 is 29.0 Å². The molecule has 0 spiro atoms. The number of carbonyl (C=O) groups is 1. The molecule has 0 bridgehead atoms. The Morgan fingerprint density at radius 1 is 1.28 bits per heavy atom. The molecule has 0 saturated heterocycles. The Morgan fingerprint density at radius 2 is 2.06 bits per heavy atom. The van der Waals surface area contributed by atoms with E-state index >= 15 is 0 Å². The zero-order valence-corrected chi connectivity index (χ0v) is 10.6. The average molecular weight is 258 g/mol. The number of thiophene rings is 1. The first-order valence-corrected chi connectivity index (χ1v) is 6.47. The summed E-state index contributed by atoms with van der Waals surface area (Å²) in [5.41, 5.74) is 7.32. The number of amides is 1. The molecule has 1 amide bonds. The Bertz CT molecular complexity index is 529. The topological polar surface area (TPSA) is 55.1 Å². The van der Waals surface area contributed by atoms with E-state index in [1.54, 1.807) is 17.4 Å². The van der Waals surface area contributed by atoms with Crippen LogP contribution in [0.5, 0.6) is 0 Å². The standard InChI is InChI=1S/C14H14N2OS/c15-10-11-3-5-12(6-4-11)16-14(17)8-7-13-2-1-9-18-13/h1-9H,10,15H2,(H,16,17). The van der Waals surface area contributed by atoms with Crippen molar-refractivity contribution in [3.05, 3.63) is 58.3 Å². The van der Waals surface area contributed by atoms with Crippen molar-refractivity contribution in [2.24, 2.45) is 5.73 Å². The van der Waals surface area contributed by atoms with E-state index in [-0.39, 0.29) is 5.91 Å². The molecular weight excluding hydrogens is 244 g/mol. The minimum atomic E-state index is -0.135. The van der Waals surface area contributed by atoms with E-state index < -0.39 is 0 Å². The van der Waals surface area contributed by atoms with Crippen LogP contribution in [-0.2, 0) is 11.3 Å². The van der Waals surface area contributed by atoms with Crippen molar-refractivity contribution in [1.82, 2.24) is 0 Å². The molecule has 0 aliphatic heterocycles. The van der Waals surface area contributed by atoms with Crippen molar-refractivity contribution in [3.63, 3.8) is 0 Å². The lowest BCUT2D eigenvalue weighted by Gasteiger charge is -2.02. The van der Waals surface area contributed by atoms with Gasteiger partial charge in [0, 0.05) is 23.2 Å². The monoisotopic (exact) mass is 258 g/mol. The first-order chi connectivity index (χ1) is 8.78. The zero-order valence-electron chi connectivity index (χ0n) is 9.80. The highest BCUT2D eigenvalue weighted by Gasteiger charge is 1.98. The van der Waals surface area contributed by atoms with E-state index in [9.17, 15) is 4.79 Å². The summed E-state index contributed by atoms with van der Waals surface area (Å²) >= 11 is 1.60. The lowest BCUT2D eigenvalue weighted by atomic mass is 10.2. The van der Waals surface area contributed by atoms with E-state index in [1.165, 1.54) is 6.08 Å². The van der Waals surface area contributed by atoms with Crippen LogP contribution in [0.4, 0.5) is 5.69 Å². The number of carbonyl (C=O) groups excluding carboxylic acids is 1. The van der Waals surface area contributed by atoms with Gasteiger partial charge in [-0.15, -0.1) is 11.3 Å². The fraction of sp³-hybridized carbons (Fsp3) is 0.0714. The third kappa shape index (κ3) is 3.55. The Hall–Kier alpha value is -1.91. The molecule has 0 atom stereocenters. The Kier molecular flexibility index (Phi) is 4.28. The summed E-state index contributed by atoms with van der Waals surface area (Å²) in [7, 11) is 0. The van der Waals surface area contributed by atoms with Crippen molar-refractivity contribution in [3.8, 4) is 0 Å². The summed E-state index contributed by atoms with van der Waals surface area (Å²) in [6.07, 6.45) is 3.33. The number of rotatable bonds is 4. The number of hydrogen-bond donors (Lipinski definition) is 2. The molecule has 0 saturated carbocycles. The van der Waals surface area contributed by atoms with E-state index in [1.807, 2.05) is 41.8 Å². The fourth-order valence-corrected chi connectivity index (χ4v) is 2.07. The van der Waals surface area contributed by atoms with Gasteiger partial charge in [0.1, 0.15) is 0 Å². The SMILES string of the molecule is NCc1ccc(NC(=O)C=Cc2cccs2)cc1. The predicted octanol–water partition coefficient (Wildman–Crippen LogP) is 2.86. The predicted molar refractivity (Wildman–Crippen MR) is 76.3 cm³/mol. The van der Waals surface area contributed by atoms with Gasteiger partial charge in [-0.05, 0) is 35.2 Å². The molecule has 3 nitrogen and oxygen atoms in total. The Labute approximate surface area is 110 Å². The van der Waals surface area contributed by atoms with Gasteiger partial charge in [-0.25, -0.2) is 0 Å². The van der Waals surface area contributed by atoms with Gasteiger partial charge in [-0.3, -0.25) is 4.79 Å². The highest BCUT2D eigenvalue weighted by atomic mass is 32.1. The molecule has 92 valence electrons. The van der Waals surface area contributed by atoms with Crippen LogP contribution >= 0.6 is 11.3 Å². The summed E-state index contributed by atoms with van der Waals surface area (Å²) in [5, 5.41) is 4.77. The average Bonchev–Trinajstić information content (AvgIpc) is 2.90. The van der Waals surface area contributed by atoms with Crippen LogP contribution in [0.15, 0.2) is 47.9 Å². The molecule has 4 heteroatoms.